The number of aromatic nitrogens is 1. The third-order valence-electron chi connectivity index (χ3n) is 7.90. The second-order valence-electron chi connectivity index (χ2n) is 10.5. The number of amides is 1. The lowest BCUT2D eigenvalue weighted by molar-refractivity contribution is -0.139. The molecule has 0 N–H and O–H groups in total. The second-order valence-corrected chi connectivity index (χ2v) is 10.9. The largest absolute Gasteiger partial charge is 0.340 e. The zero-order valence-corrected chi connectivity index (χ0v) is 22.3. The van der Waals surface area contributed by atoms with E-state index in [0.717, 1.165) is 70.2 Å². The van der Waals surface area contributed by atoms with Crippen molar-refractivity contribution in [2.75, 3.05) is 45.8 Å². The SMILES string of the molecule is CCCCN1CCN(C(=O)C2CCCN(Cc3cc4ccccc4n3Cc3ccc(Cl)cc3)C2)CC1. The molecule has 1 amide bonds. The Morgan fingerprint density at radius 1 is 0.944 bits per heavy atom. The number of benzene rings is 2. The Morgan fingerprint density at radius 3 is 2.50 bits per heavy atom. The van der Waals surface area contributed by atoms with Crippen LogP contribution in [0.1, 0.15) is 43.9 Å². The number of unbranched alkanes of at least 4 members (excludes halogenated alkanes) is 1. The van der Waals surface area contributed by atoms with E-state index in [1.807, 2.05) is 12.1 Å². The Kier molecular flexibility index (Phi) is 8.30. The summed E-state index contributed by atoms with van der Waals surface area (Å²) in [6, 6.07) is 19.1. The summed E-state index contributed by atoms with van der Waals surface area (Å²) in [5.74, 6) is 0.492. The molecule has 3 heterocycles. The third-order valence-corrected chi connectivity index (χ3v) is 8.15. The fourth-order valence-electron chi connectivity index (χ4n) is 5.82. The molecule has 5 nitrogen and oxygen atoms in total. The summed E-state index contributed by atoms with van der Waals surface area (Å²) in [6.45, 7) is 10.8. The number of rotatable bonds is 8. The summed E-state index contributed by atoms with van der Waals surface area (Å²) < 4.78 is 2.43. The number of piperazine rings is 1. The Hall–Kier alpha value is -2.34. The molecule has 2 saturated heterocycles. The predicted octanol–water partition coefficient (Wildman–Crippen LogP) is 5.50. The number of nitrogens with zero attached hydrogens (tertiary/aromatic N) is 4. The van der Waals surface area contributed by atoms with Gasteiger partial charge in [0.2, 0.25) is 5.91 Å². The first-order chi connectivity index (χ1) is 17.6. The first-order valence-corrected chi connectivity index (χ1v) is 14.0. The van der Waals surface area contributed by atoms with Gasteiger partial charge in [-0.15, -0.1) is 0 Å². The molecule has 2 aliphatic rings. The minimum absolute atomic E-state index is 0.120. The molecule has 36 heavy (non-hydrogen) atoms. The van der Waals surface area contributed by atoms with Crippen molar-refractivity contribution < 1.29 is 4.79 Å². The molecular formula is C30H39ClN4O. The molecule has 0 saturated carbocycles. The van der Waals surface area contributed by atoms with Gasteiger partial charge < -0.3 is 9.47 Å². The molecule has 2 aliphatic heterocycles. The number of carbonyl (C=O) groups excluding carboxylic acids is 1. The van der Waals surface area contributed by atoms with Crippen molar-refractivity contribution in [1.29, 1.82) is 0 Å². The number of halogens is 1. The van der Waals surface area contributed by atoms with Gasteiger partial charge in [-0.2, -0.15) is 0 Å². The van der Waals surface area contributed by atoms with Gasteiger partial charge in [0.15, 0.2) is 0 Å². The van der Waals surface area contributed by atoms with E-state index in [4.69, 9.17) is 11.6 Å². The molecule has 192 valence electrons. The molecule has 0 aliphatic carbocycles. The summed E-state index contributed by atoms with van der Waals surface area (Å²) in [4.78, 5) is 20.6. The lowest BCUT2D eigenvalue weighted by Gasteiger charge is -2.39. The Morgan fingerprint density at radius 2 is 1.72 bits per heavy atom. The Bertz CT molecular complexity index is 1150. The molecule has 5 rings (SSSR count). The average molecular weight is 507 g/mol. The molecule has 0 radical (unpaired) electrons. The monoisotopic (exact) mass is 506 g/mol. The maximum Gasteiger partial charge on any atom is 0.227 e. The highest BCUT2D eigenvalue weighted by atomic mass is 35.5. The quantitative estimate of drug-likeness (QED) is 0.404. The molecule has 1 aromatic heterocycles. The van der Waals surface area contributed by atoms with E-state index in [1.54, 1.807) is 0 Å². The predicted molar refractivity (Wildman–Crippen MR) is 148 cm³/mol. The molecule has 3 aromatic rings. The van der Waals surface area contributed by atoms with Crippen molar-refractivity contribution in [3.05, 3.63) is 70.9 Å². The number of carbonyl (C=O) groups is 1. The maximum atomic E-state index is 13.4. The molecule has 2 aromatic carbocycles. The van der Waals surface area contributed by atoms with Crippen LogP contribution < -0.4 is 0 Å². The van der Waals surface area contributed by atoms with Crippen LogP contribution in [0.3, 0.4) is 0 Å². The van der Waals surface area contributed by atoms with Crippen molar-refractivity contribution >= 4 is 28.4 Å². The Balaban J connectivity index is 1.25. The second kappa shape index (κ2) is 11.8. The molecular weight excluding hydrogens is 468 g/mol. The van der Waals surface area contributed by atoms with Crippen molar-refractivity contribution in [2.24, 2.45) is 5.92 Å². The van der Waals surface area contributed by atoms with Gasteiger partial charge in [-0.05, 0) is 67.6 Å². The molecule has 6 heteroatoms. The van der Waals surface area contributed by atoms with Gasteiger partial charge >= 0.3 is 0 Å². The number of hydrogen-bond donors (Lipinski definition) is 0. The van der Waals surface area contributed by atoms with Crippen molar-refractivity contribution in [1.82, 2.24) is 19.3 Å². The molecule has 0 spiro atoms. The minimum atomic E-state index is 0.120. The van der Waals surface area contributed by atoms with Crippen LogP contribution in [0.2, 0.25) is 5.02 Å². The van der Waals surface area contributed by atoms with Crippen molar-refractivity contribution in [2.45, 2.75) is 45.7 Å². The molecule has 1 unspecified atom stereocenters. The van der Waals surface area contributed by atoms with E-state index >= 15 is 0 Å². The molecule has 1 atom stereocenters. The first-order valence-electron chi connectivity index (χ1n) is 13.7. The van der Waals surface area contributed by atoms with Crippen LogP contribution in [-0.2, 0) is 17.9 Å². The van der Waals surface area contributed by atoms with Crippen LogP contribution in [0, 0.1) is 5.92 Å². The fourth-order valence-corrected chi connectivity index (χ4v) is 5.95. The van der Waals surface area contributed by atoms with Crippen LogP contribution in [-0.4, -0.2) is 71.0 Å². The highest BCUT2D eigenvalue weighted by molar-refractivity contribution is 6.30. The molecule has 2 fully saturated rings. The first kappa shape index (κ1) is 25.3. The van der Waals surface area contributed by atoms with E-state index in [0.29, 0.717) is 5.91 Å². The van der Waals surface area contributed by atoms with Crippen molar-refractivity contribution in [3.63, 3.8) is 0 Å². The van der Waals surface area contributed by atoms with Crippen LogP contribution in [0.4, 0.5) is 0 Å². The van der Waals surface area contributed by atoms with Crippen LogP contribution in [0.25, 0.3) is 10.9 Å². The van der Waals surface area contributed by atoms with Gasteiger partial charge in [0.05, 0.1) is 5.92 Å². The summed E-state index contributed by atoms with van der Waals surface area (Å²) in [6.07, 6.45) is 4.58. The van der Waals surface area contributed by atoms with E-state index in [1.165, 1.54) is 41.5 Å². The number of hydrogen-bond acceptors (Lipinski definition) is 3. The van der Waals surface area contributed by atoms with Crippen molar-refractivity contribution in [3.8, 4) is 0 Å². The van der Waals surface area contributed by atoms with Gasteiger partial charge in [0, 0.05) is 62.0 Å². The number of likely N-dealkylation sites (tertiary alicyclic amines) is 1. The topological polar surface area (TPSA) is 31.7 Å². The summed E-state index contributed by atoms with van der Waals surface area (Å²) in [7, 11) is 0. The van der Waals surface area contributed by atoms with E-state index in [9.17, 15) is 4.79 Å². The summed E-state index contributed by atoms with van der Waals surface area (Å²) in [5.41, 5.74) is 3.81. The van der Waals surface area contributed by atoms with Crippen LogP contribution in [0.5, 0.6) is 0 Å². The lowest BCUT2D eigenvalue weighted by Crippen LogP contribution is -2.52. The highest BCUT2D eigenvalue weighted by Crippen LogP contribution is 2.26. The lowest BCUT2D eigenvalue weighted by atomic mass is 9.96. The van der Waals surface area contributed by atoms with Crippen LogP contribution in [0.15, 0.2) is 54.6 Å². The standard InChI is InChI=1S/C30H39ClN4O/c1-2-3-14-32-16-18-34(19-17-32)30(36)26-8-6-15-33(22-26)23-28-20-25-7-4-5-9-29(25)35(28)21-24-10-12-27(31)13-11-24/h4-5,7,9-13,20,26H,2-3,6,8,14-19,21-23H2,1H3. The zero-order valence-electron chi connectivity index (χ0n) is 21.5. The van der Waals surface area contributed by atoms with E-state index < -0.39 is 0 Å². The van der Waals surface area contributed by atoms with Gasteiger partial charge in [0.1, 0.15) is 0 Å². The third kappa shape index (κ3) is 5.96. The summed E-state index contributed by atoms with van der Waals surface area (Å²) in [5, 5.41) is 2.04. The van der Waals surface area contributed by atoms with Gasteiger partial charge in [0.25, 0.3) is 0 Å². The minimum Gasteiger partial charge on any atom is -0.340 e. The number of piperidine rings is 1. The van der Waals surface area contributed by atoms with Gasteiger partial charge in [-0.1, -0.05) is 55.3 Å². The van der Waals surface area contributed by atoms with Gasteiger partial charge in [-0.3, -0.25) is 14.6 Å². The van der Waals surface area contributed by atoms with E-state index in [2.05, 4.69) is 68.7 Å². The van der Waals surface area contributed by atoms with Crippen LogP contribution >= 0.6 is 11.6 Å². The summed E-state index contributed by atoms with van der Waals surface area (Å²) >= 11 is 6.12. The normalized spacial score (nSPS) is 19.7. The van der Waals surface area contributed by atoms with Gasteiger partial charge in [-0.25, -0.2) is 0 Å². The van der Waals surface area contributed by atoms with E-state index in [-0.39, 0.29) is 5.92 Å². The maximum absolute atomic E-state index is 13.4. The zero-order chi connectivity index (χ0) is 24.9. The Labute approximate surface area is 220 Å². The average Bonchev–Trinajstić information content (AvgIpc) is 3.25. The number of fused-ring (bicyclic) bond motifs is 1. The molecule has 0 bridgehead atoms. The highest BCUT2D eigenvalue weighted by Gasteiger charge is 2.31. The smallest absolute Gasteiger partial charge is 0.227 e. The number of para-hydroxylation sites is 1. The fraction of sp³-hybridized carbons (Fsp3) is 0.500.